The predicted molar refractivity (Wildman–Crippen MR) is 93.1 cm³/mol. The fraction of sp³-hybridized carbons (Fsp3) is 0.133. The normalized spacial score (nSPS) is 10.4. The van der Waals surface area contributed by atoms with E-state index in [2.05, 4.69) is 58.3 Å². The standard InChI is InChI=1S/C15H13BrN2.HI/c1-2-11-3-5-12(6-4-11)14-10-18-9-13(16)7-8-15(18)17-14;/h3-10H,2H2,1H3;1H. The monoisotopic (exact) mass is 428 g/mol. The molecule has 0 fully saturated rings. The van der Waals surface area contributed by atoms with E-state index in [9.17, 15) is 0 Å². The van der Waals surface area contributed by atoms with Gasteiger partial charge < -0.3 is 4.40 Å². The van der Waals surface area contributed by atoms with Crippen LogP contribution in [0, 0.1) is 0 Å². The van der Waals surface area contributed by atoms with Crippen LogP contribution in [0.4, 0.5) is 0 Å². The molecule has 19 heavy (non-hydrogen) atoms. The average molecular weight is 429 g/mol. The molecule has 1 aromatic carbocycles. The van der Waals surface area contributed by atoms with Crippen molar-refractivity contribution >= 4 is 45.6 Å². The summed E-state index contributed by atoms with van der Waals surface area (Å²) in [5, 5.41) is 0. The van der Waals surface area contributed by atoms with Gasteiger partial charge in [-0.25, -0.2) is 4.98 Å². The van der Waals surface area contributed by atoms with E-state index < -0.39 is 0 Å². The summed E-state index contributed by atoms with van der Waals surface area (Å²) in [7, 11) is 0. The van der Waals surface area contributed by atoms with Gasteiger partial charge in [-0.05, 0) is 40.0 Å². The Morgan fingerprint density at radius 3 is 2.47 bits per heavy atom. The molecule has 4 heteroatoms. The minimum absolute atomic E-state index is 0. The number of halogens is 2. The van der Waals surface area contributed by atoms with Crippen molar-refractivity contribution in [1.82, 2.24) is 9.38 Å². The summed E-state index contributed by atoms with van der Waals surface area (Å²) in [6, 6.07) is 12.6. The Labute approximate surface area is 138 Å². The van der Waals surface area contributed by atoms with Gasteiger partial charge >= 0.3 is 0 Å². The molecule has 0 saturated carbocycles. The quantitative estimate of drug-likeness (QED) is 0.528. The SMILES string of the molecule is CCc1ccc(-c2cn3cc(Br)ccc3n2)cc1.I. The average Bonchev–Trinajstić information content (AvgIpc) is 2.81. The Bertz CT molecular complexity index is 689. The van der Waals surface area contributed by atoms with Gasteiger partial charge in [-0.3, -0.25) is 0 Å². The summed E-state index contributed by atoms with van der Waals surface area (Å²) in [5.74, 6) is 0. The number of benzene rings is 1. The molecule has 0 aliphatic heterocycles. The van der Waals surface area contributed by atoms with E-state index in [0.717, 1.165) is 27.8 Å². The minimum atomic E-state index is 0. The first-order valence-electron chi connectivity index (χ1n) is 6.00. The molecule has 2 nitrogen and oxygen atoms in total. The molecule has 98 valence electrons. The lowest BCUT2D eigenvalue weighted by Crippen LogP contribution is -1.81. The van der Waals surface area contributed by atoms with Gasteiger partial charge in [0.1, 0.15) is 5.65 Å². The summed E-state index contributed by atoms with van der Waals surface area (Å²) < 4.78 is 3.09. The van der Waals surface area contributed by atoms with Gasteiger partial charge in [0.25, 0.3) is 0 Å². The van der Waals surface area contributed by atoms with Crippen LogP contribution in [0.3, 0.4) is 0 Å². The van der Waals surface area contributed by atoms with Crippen molar-refractivity contribution < 1.29 is 0 Å². The molecule has 3 rings (SSSR count). The van der Waals surface area contributed by atoms with Gasteiger partial charge in [0.05, 0.1) is 5.69 Å². The first-order chi connectivity index (χ1) is 8.76. The van der Waals surface area contributed by atoms with Crippen molar-refractivity contribution in [1.29, 1.82) is 0 Å². The fourth-order valence-corrected chi connectivity index (χ4v) is 2.37. The highest BCUT2D eigenvalue weighted by molar-refractivity contribution is 14.0. The summed E-state index contributed by atoms with van der Waals surface area (Å²) in [6.07, 6.45) is 5.14. The van der Waals surface area contributed by atoms with E-state index in [1.54, 1.807) is 0 Å². The highest BCUT2D eigenvalue weighted by Gasteiger charge is 2.04. The number of aryl methyl sites for hydroxylation is 1. The third-order valence-electron chi connectivity index (χ3n) is 3.07. The number of aromatic nitrogens is 2. The molecular formula is C15H14BrIN2. The van der Waals surface area contributed by atoms with Crippen molar-refractivity contribution in [3.63, 3.8) is 0 Å². The van der Waals surface area contributed by atoms with Gasteiger partial charge in [-0.2, -0.15) is 0 Å². The molecule has 0 bridgehead atoms. The van der Waals surface area contributed by atoms with E-state index in [1.165, 1.54) is 5.56 Å². The van der Waals surface area contributed by atoms with Crippen LogP contribution in [0.1, 0.15) is 12.5 Å². The maximum atomic E-state index is 4.62. The summed E-state index contributed by atoms with van der Waals surface area (Å²) in [6.45, 7) is 2.16. The molecule has 0 unspecified atom stereocenters. The number of hydrogen-bond acceptors (Lipinski definition) is 1. The summed E-state index contributed by atoms with van der Waals surface area (Å²) in [4.78, 5) is 4.62. The van der Waals surface area contributed by atoms with Gasteiger partial charge in [-0.15, -0.1) is 24.0 Å². The zero-order chi connectivity index (χ0) is 12.5. The topological polar surface area (TPSA) is 17.3 Å². The highest BCUT2D eigenvalue weighted by Crippen LogP contribution is 2.21. The summed E-state index contributed by atoms with van der Waals surface area (Å²) >= 11 is 3.47. The largest absolute Gasteiger partial charge is 0.305 e. The molecule has 0 radical (unpaired) electrons. The molecule has 0 amide bonds. The minimum Gasteiger partial charge on any atom is -0.305 e. The smallest absolute Gasteiger partial charge is 0.137 e. The van der Waals surface area contributed by atoms with E-state index in [4.69, 9.17) is 0 Å². The van der Waals surface area contributed by atoms with Crippen LogP contribution in [0.2, 0.25) is 0 Å². The van der Waals surface area contributed by atoms with Crippen LogP contribution in [0.15, 0.2) is 53.3 Å². The molecule has 0 aliphatic rings. The van der Waals surface area contributed by atoms with Crippen molar-refractivity contribution in [2.45, 2.75) is 13.3 Å². The van der Waals surface area contributed by atoms with E-state index in [1.807, 2.05) is 22.7 Å². The Morgan fingerprint density at radius 1 is 1.05 bits per heavy atom. The van der Waals surface area contributed by atoms with Crippen LogP contribution < -0.4 is 0 Å². The lowest BCUT2D eigenvalue weighted by Gasteiger charge is -1.98. The predicted octanol–water partition coefficient (Wildman–Crippen LogP) is 4.94. The van der Waals surface area contributed by atoms with E-state index >= 15 is 0 Å². The molecular weight excluding hydrogens is 415 g/mol. The first kappa shape index (κ1) is 14.5. The Morgan fingerprint density at radius 2 is 1.79 bits per heavy atom. The lowest BCUT2D eigenvalue weighted by molar-refractivity contribution is 1.14. The zero-order valence-electron chi connectivity index (χ0n) is 10.5. The van der Waals surface area contributed by atoms with E-state index in [-0.39, 0.29) is 24.0 Å². The van der Waals surface area contributed by atoms with Crippen LogP contribution >= 0.6 is 39.9 Å². The second-order valence-electron chi connectivity index (χ2n) is 4.29. The zero-order valence-corrected chi connectivity index (χ0v) is 14.4. The molecule has 0 atom stereocenters. The Kier molecular flexibility index (Phi) is 4.62. The number of fused-ring (bicyclic) bond motifs is 1. The molecule has 0 spiro atoms. The molecule has 3 aromatic rings. The number of imidazole rings is 1. The van der Waals surface area contributed by atoms with Gasteiger partial charge in [0.15, 0.2) is 0 Å². The maximum Gasteiger partial charge on any atom is 0.137 e. The third-order valence-corrected chi connectivity index (χ3v) is 3.54. The van der Waals surface area contributed by atoms with Crippen molar-refractivity contribution in [3.8, 4) is 11.3 Å². The van der Waals surface area contributed by atoms with Crippen molar-refractivity contribution in [3.05, 3.63) is 58.8 Å². The van der Waals surface area contributed by atoms with Crippen molar-refractivity contribution in [2.75, 3.05) is 0 Å². The van der Waals surface area contributed by atoms with Crippen LogP contribution in [-0.4, -0.2) is 9.38 Å². The number of hydrogen-bond donors (Lipinski definition) is 0. The summed E-state index contributed by atoms with van der Waals surface area (Å²) in [5.41, 5.74) is 4.49. The van der Waals surface area contributed by atoms with Crippen LogP contribution in [0.25, 0.3) is 16.9 Å². The van der Waals surface area contributed by atoms with Gasteiger partial charge in [-0.1, -0.05) is 31.2 Å². The fourth-order valence-electron chi connectivity index (χ4n) is 2.01. The third kappa shape index (κ3) is 3.00. The molecule has 2 heterocycles. The maximum absolute atomic E-state index is 4.62. The lowest BCUT2D eigenvalue weighted by atomic mass is 10.1. The molecule has 0 N–H and O–H groups in total. The van der Waals surface area contributed by atoms with Crippen molar-refractivity contribution in [2.24, 2.45) is 0 Å². The number of pyridine rings is 1. The van der Waals surface area contributed by atoms with Crippen LogP contribution in [-0.2, 0) is 6.42 Å². The number of rotatable bonds is 2. The highest BCUT2D eigenvalue weighted by atomic mass is 127. The number of nitrogens with zero attached hydrogens (tertiary/aromatic N) is 2. The van der Waals surface area contributed by atoms with Gasteiger partial charge in [0.2, 0.25) is 0 Å². The Hall–Kier alpha value is -0.880. The molecule has 0 aliphatic carbocycles. The molecule has 0 saturated heterocycles. The second kappa shape index (κ2) is 6.05. The van der Waals surface area contributed by atoms with Crippen LogP contribution in [0.5, 0.6) is 0 Å². The first-order valence-corrected chi connectivity index (χ1v) is 6.79. The second-order valence-corrected chi connectivity index (χ2v) is 5.21. The molecule has 2 aromatic heterocycles. The van der Waals surface area contributed by atoms with Gasteiger partial charge in [0, 0.05) is 22.4 Å². The Balaban J connectivity index is 0.00000133. The van der Waals surface area contributed by atoms with E-state index in [0.29, 0.717) is 0 Å².